The number of aromatic nitrogens is 3. The van der Waals surface area contributed by atoms with Crippen LogP contribution in [-0.4, -0.2) is 27.1 Å². The minimum atomic E-state index is 0.312. The molecule has 0 amide bonds. The Hall–Kier alpha value is -1.85. The van der Waals surface area contributed by atoms with Crippen molar-refractivity contribution in [1.82, 2.24) is 14.8 Å². The third kappa shape index (κ3) is 3.82. The zero-order valence-corrected chi connectivity index (χ0v) is 12.1. The predicted octanol–water partition coefficient (Wildman–Crippen LogP) is 3.19. The lowest BCUT2D eigenvalue weighted by Crippen LogP contribution is -2.13. The lowest BCUT2D eigenvalue weighted by Gasteiger charge is -2.08. The van der Waals surface area contributed by atoms with Crippen molar-refractivity contribution in [2.24, 2.45) is 5.16 Å². The van der Waals surface area contributed by atoms with Gasteiger partial charge in [0.05, 0.1) is 11.6 Å². The fourth-order valence-corrected chi connectivity index (χ4v) is 2.04. The van der Waals surface area contributed by atoms with Crippen LogP contribution < -0.4 is 0 Å². The summed E-state index contributed by atoms with van der Waals surface area (Å²) in [5.41, 5.74) is 1.36. The highest BCUT2D eigenvalue weighted by molar-refractivity contribution is 6.37. The molecule has 2 aromatic rings. The summed E-state index contributed by atoms with van der Waals surface area (Å²) in [6.45, 7) is 4.27. The number of rotatable bonds is 6. The van der Waals surface area contributed by atoms with E-state index in [1.54, 1.807) is 35.3 Å². The van der Waals surface area contributed by atoms with Gasteiger partial charge in [0, 0.05) is 10.6 Å². The standard InChI is InChI=1S/C13H12Cl2N4O/c1-2-5-20-18-13(7-19-9-16-8-17-19)11-4-3-10(14)6-12(11)15/h2-4,6,8-9H,1,5,7H2. The van der Waals surface area contributed by atoms with Gasteiger partial charge in [-0.05, 0) is 18.2 Å². The highest BCUT2D eigenvalue weighted by atomic mass is 35.5. The van der Waals surface area contributed by atoms with Crippen LogP contribution in [0.3, 0.4) is 0 Å². The van der Waals surface area contributed by atoms with Crippen LogP contribution in [0.4, 0.5) is 0 Å². The quantitative estimate of drug-likeness (QED) is 0.356. The van der Waals surface area contributed by atoms with E-state index in [0.717, 1.165) is 5.56 Å². The van der Waals surface area contributed by atoms with Crippen molar-refractivity contribution >= 4 is 28.9 Å². The normalized spacial score (nSPS) is 11.4. The lowest BCUT2D eigenvalue weighted by atomic mass is 10.1. The van der Waals surface area contributed by atoms with Gasteiger partial charge in [-0.3, -0.25) is 0 Å². The van der Waals surface area contributed by atoms with Crippen LogP contribution in [0.15, 0.2) is 48.7 Å². The lowest BCUT2D eigenvalue weighted by molar-refractivity contribution is 0.174. The van der Waals surface area contributed by atoms with E-state index in [2.05, 4.69) is 21.8 Å². The molecule has 0 radical (unpaired) electrons. The summed E-state index contributed by atoms with van der Waals surface area (Å²) in [5, 5.41) is 9.17. The minimum absolute atomic E-state index is 0.312. The van der Waals surface area contributed by atoms with Crippen LogP contribution in [0, 0.1) is 0 Å². The molecule has 0 aliphatic carbocycles. The molecule has 104 valence electrons. The molecular weight excluding hydrogens is 299 g/mol. The van der Waals surface area contributed by atoms with Gasteiger partial charge in [0.1, 0.15) is 25.0 Å². The van der Waals surface area contributed by atoms with Gasteiger partial charge in [-0.15, -0.1) is 0 Å². The van der Waals surface area contributed by atoms with E-state index >= 15 is 0 Å². The second-order valence-electron chi connectivity index (χ2n) is 3.84. The minimum Gasteiger partial charge on any atom is -0.391 e. The maximum absolute atomic E-state index is 6.19. The molecule has 0 aliphatic heterocycles. The summed E-state index contributed by atoms with van der Waals surface area (Å²) in [6, 6.07) is 5.19. The van der Waals surface area contributed by atoms with Crippen molar-refractivity contribution in [3.05, 3.63) is 59.1 Å². The zero-order valence-electron chi connectivity index (χ0n) is 10.5. The first-order valence-corrected chi connectivity index (χ1v) is 6.54. The molecule has 2 rings (SSSR count). The Bertz CT molecular complexity index is 611. The summed E-state index contributed by atoms with van der Waals surface area (Å²) in [6.07, 6.45) is 4.65. The van der Waals surface area contributed by atoms with Gasteiger partial charge in [-0.2, -0.15) is 5.10 Å². The average molecular weight is 311 g/mol. The van der Waals surface area contributed by atoms with Crippen molar-refractivity contribution in [2.75, 3.05) is 6.61 Å². The molecule has 5 nitrogen and oxygen atoms in total. The van der Waals surface area contributed by atoms with Gasteiger partial charge in [-0.1, -0.05) is 41.0 Å². The third-order valence-corrected chi connectivity index (χ3v) is 2.94. The van der Waals surface area contributed by atoms with Gasteiger partial charge in [-0.25, -0.2) is 9.67 Å². The molecule has 1 aromatic heterocycles. The first-order chi connectivity index (χ1) is 9.70. The number of nitrogens with zero attached hydrogens (tertiary/aromatic N) is 4. The van der Waals surface area contributed by atoms with Gasteiger partial charge in [0.2, 0.25) is 0 Å². The largest absolute Gasteiger partial charge is 0.391 e. The Morgan fingerprint density at radius 2 is 2.30 bits per heavy atom. The van der Waals surface area contributed by atoms with Crippen LogP contribution in [0.25, 0.3) is 0 Å². The van der Waals surface area contributed by atoms with Crippen molar-refractivity contribution in [1.29, 1.82) is 0 Å². The first kappa shape index (κ1) is 14.6. The molecule has 0 saturated heterocycles. The molecule has 1 heterocycles. The summed E-state index contributed by atoms with van der Waals surface area (Å²) in [4.78, 5) is 9.04. The summed E-state index contributed by atoms with van der Waals surface area (Å²) in [5.74, 6) is 0. The number of hydrogen-bond acceptors (Lipinski definition) is 4. The smallest absolute Gasteiger partial charge is 0.137 e. The highest BCUT2D eigenvalue weighted by Crippen LogP contribution is 2.22. The van der Waals surface area contributed by atoms with Crippen LogP contribution in [0.1, 0.15) is 5.56 Å². The van der Waals surface area contributed by atoms with Crippen LogP contribution in [-0.2, 0) is 11.4 Å². The summed E-state index contributed by atoms with van der Waals surface area (Å²) >= 11 is 12.1. The Labute approximate surface area is 126 Å². The molecule has 0 atom stereocenters. The van der Waals surface area contributed by atoms with Crippen LogP contribution in [0.2, 0.25) is 10.0 Å². The topological polar surface area (TPSA) is 52.3 Å². The van der Waals surface area contributed by atoms with Crippen molar-refractivity contribution in [3.8, 4) is 0 Å². The fraction of sp³-hybridized carbons (Fsp3) is 0.154. The Kier molecular flexibility index (Phi) is 5.15. The van der Waals surface area contributed by atoms with E-state index in [1.165, 1.54) is 6.33 Å². The molecule has 7 heteroatoms. The van der Waals surface area contributed by atoms with E-state index in [-0.39, 0.29) is 0 Å². The zero-order chi connectivity index (χ0) is 14.4. The Morgan fingerprint density at radius 3 is 2.95 bits per heavy atom. The van der Waals surface area contributed by atoms with E-state index in [0.29, 0.717) is 28.9 Å². The highest BCUT2D eigenvalue weighted by Gasteiger charge is 2.11. The molecule has 0 aliphatic rings. The molecule has 0 N–H and O–H groups in total. The number of hydrogen-bond donors (Lipinski definition) is 0. The molecular formula is C13H12Cl2N4O. The maximum Gasteiger partial charge on any atom is 0.137 e. The van der Waals surface area contributed by atoms with Crippen LogP contribution in [0.5, 0.6) is 0 Å². The van der Waals surface area contributed by atoms with Gasteiger partial charge in [0.15, 0.2) is 0 Å². The van der Waals surface area contributed by atoms with Crippen molar-refractivity contribution in [2.45, 2.75) is 6.54 Å². The summed E-state index contributed by atoms with van der Waals surface area (Å²) < 4.78 is 1.63. The average Bonchev–Trinajstić information content (AvgIpc) is 2.91. The van der Waals surface area contributed by atoms with E-state index in [4.69, 9.17) is 28.0 Å². The van der Waals surface area contributed by atoms with Gasteiger partial charge < -0.3 is 4.84 Å². The van der Waals surface area contributed by atoms with Gasteiger partial charge >= 0.3 is 0 Å². The molecule has 0 saturated carbocycles. The van der Waals surface area contributed by atoms with Crippen molar-refractivity contribution in [3.63, 3.8) is 0 Å². The molecule has 0 bridgehead atoms. The Morgan fingerprint density at radius 1 is 1.45 bits per heavy atom. The predicted molar refractivity (Wildman–Crippen MR) is 79.2 cm³/mol. The molecule has 0 unspecified atom stereocenters. The number of oxime groups is 1. The monoisotopic (exact) mass is 310 g/mol. The van der Waals surface area contributed by atoms with Gasteiger partial charge in [0.25, 0.3) is 0 Å². The van der Waals surface area contributed by atoms with Crippen LogP contribution >= 0.6 is 23.2 Å². The third-order valence-electron chi connectivity index (χ3n) is 2.39. The van der Waals surface area contributed by atoms with E-state index in [9.17, 15) is 0 Å². The first-order valence-electron chi connectivity index (χ1n) is 5.78. The number of benzene rings is 1. The molecule has 0 fully saturated rings. The number of halogens is 2. The second-order valence-corrected chi connectivity index (χ2v) is 4.68. The maximum atomic E-state index is 6.19. The van der Waals surface area contributed by atoms with E-state index in [1.807, 2.05) is 0 Å². The molecule has 0 spiro atoms. The van der Waals surface area contributed by atoms with Crippen molar-refractivity contribution < 1.29 is 4.84 Å². The second kappa shape index (κ2) is 7.07. The fourth-order valence-electron chi connectivity index (χ4n) is 1.52. The summed E-state index contributed by atoms with van der Waals surface area (Å²) in [7, 11) is 0. The SMILES string of the molecule is C=CCON=C(Cn1cncn1)c1ccc(Cl)cc1Cl. The molecule has 1 aromatic carbocycles. The molecule has 20 heavy (non-hydrogen) atoms. The Balaban J connectivity index is 2.29. The van der Waals surface area contributed by atoms with E-state index < -0.39 is 0 Å².